The van der Waals surface area contributed by atoms with Crippen molar-refractivity contribution < 1.29 is 9.53 Å². The zero-order valence-corrected chi connectivity index (χ0v) is 20.2. The fourth-order valence-corrected chi connectivity index (χ4v) is 5.40. The number of thiazole rings is 1. The van der Waals surface area contributed by atoms with E-state index in [9.17, 15) is 4.79 Å². The second-order valence-corrected chi connectivity index (χ2v) is 9.90. The largest absolute Gasteiger partial charge is 0.489 e. The minimum Gasteiger partial charge on any atom is -0.489 e. The van der Waals surface area contributed by atoms with Crippen LogP contribution in [0.2, 0.25) is 0 Å². The molecule has 1 atom stereocenters. The maximum Gasteiger partial charge on any atom is 0.225 e. The predicted molar refractivity (Wildman–Crippen MR) is 138 cm³/mol. The van der Waals surface area contributed by atoms with E-state index in [-0.39, 0.29) is 11.8 Å². The van der Waals surface area contributed by atoms with Gasteiger partial charge in [0.15, 0.2) is 5.13 Å². The van der Waals surface area contributed by atoms with Gasteiger partial charge in [-0.1, -0.05) is 59.9 Å². The predicted octanol–water partition coefficient (Wildman–Crippen LogP) is 5.72. The molecule has 1 fully saturated rings. The maximum atomic E-state index is 12.9. The summed E-state index contributed by atoms with van der Waals surface area (Å²) in [6.45, 7) is 4.84. The molecule has 174 valence electrons. The summed E-state index contributed by atoms with van der Waals surface area (Å²) in [6.07, 6.45) is 1.92. The number of rotatable bonds is 7. The quantitative estimate of drug-likeness (QED) is 0.375. The van der Waals surface area contributed by atoms with Crippen molar-refractivity contribution in [2.75, 3.05) is 18.0 Å². The first kappa shape index (κ1) is 22.4. The molecule has 0 aliphatic carbocycles. The van der Waals surface area contributed by atoms with Gasteiger partial charge < -0.3 is 15.0 Å². The van der Waals surface area contributed by atoms with Crippen LogP contribution >= 0.6 is 11.3 Å². The van der Waals surface area contributed by atoms with Crippen LogP contribution in [0.3, 0.4) is 0 Å². The molecular weight excluding hydrogens is 442 g/mol. The minimum atomic E-state index is -0.0176. The minimum absolute atomic E-state index is 0.0176. The molecule has 1 aromatic heterocycles. The van der Waals surface area contributed by atoms with E-state index in [1.165, 1.54) is 10.3 Å². The van der Waals surface area contributed by atoms with Crippen LogP contribution in [0.4, 0.5) is 5.13 Å². The van der Waals surface area contributed by atoms with Crippen LogP contribution < -0.4 is 15.0 Å². The Morgan fingerprint density at radius 3 is 2.74 bits per heavy atom. The highest BCUT2D eigenvalue weighted by Gasteiger charge is 2.27. The van der Waals surface area contributed by atoms with Gasteiger partial charge in [-0.3, -0.25) is 4.79 Å². The molecule has 0 saturated carbocycles. The molecule has 0 spiro atoms. The number of amides is 1. The van der Waals surface area contributed by atoms with Crippen LogP contribution in [0.5, 0.6) is 5.75 Å². The summed E-state index contributed by atoms with van der Waals surface area (Å²) in [5.74, 6) is 0.926. The first-order valence-corrected chi connectivity index (χ1v) is 12.6. The first-order valence-electron chi connectivity index (χ1n) is 11.8. The lowest BCUT2D eigenvalue weighted by atomic mass is 9.97. The number of nitrogens with zero attached hydrogens (tertiary/aromatic N) is 2. The Kier molecular flexibility index (Phi) is 6.77. The smallest absolute Gasteiger partial charge is 0.225 e. The van der Waals surface area contributed by atoms with E-state index in [2.05, 4.69) is 35.3 Å². The van der Waals surface area contributed by atoms with Gasteiger partial charge in [0.1, 0.15) is 12.4 Å². The Labute approximate surface area is 204 Å². The fourth-order valence-electron chi connectivity index (χ4n) is 4.30. The van der Waals surface area contributed by atoms with E-state index in [1.807, 2.05) is 54.6 Å². The summed E-state index contributed by atoms with van der Waals surface area (Å²) < 4.78 is 7.06. The fraction of sp³-hybridized carbons (Fsp3) is 0.286. The van der Waals surface area contributed by atoms with Gasteiger partial charge in [-0.05, 0) is 60.7 Å². The maximum absolute atomic E-state index is 12.9. The Balaban J connectivity index is 1.13. The van der Waals surface area contributed by atoms with Crippen molar-refractivity contribution in [2.24, 2.45) is 5.92 Å². The van der Waals surface area contributed by atoms with Gasteiger partial charge in [-0.25, -0.2) is 4.98 Å². The molecule has 34 heavy (non-hydrogen) atoms. The van der Waals surface area contributed by atoms with Crippen LogP contribution in [0.25, 0.3) is 10.2 Å². The van der Waals surface area contributed by atoms with Crippen LogP contribution in [0.15, 0.2) is 72.8 Å². The van der Waals surface area contributed by atoms with E-state index >= 15 is 0 Å². The van der Waals surface area contributed by atoms with Crippen LogP contribution in [-0.4, -0.2) is 24.0 Å². The number of hydrogen-bond acceptors (Lipinski definition) is 5. The van der Waals surface area contributed by atoms with Gasteiger partial charge in [-0.15, -0.1) is 0 Å². The van der Waals surface area contributed by atoms with E-state index in [0.29, 0.717) is 13.2 Å². The second-order valence-electron chi connectivity index (χ2n) is 8.89. The van der Waals surface area contributed by atoms with E-state index in [0.717, 1.165) is 53.5 Å². The van der Waals surface area contributed by atoms with Crippen LogP contribution in [-0.2, 0) is 17.9 Å². The van der Waals surface area contributed by atoms with Crippen LogP contribution in [0.1, 0.15) is 29.5 Å². The molecule has 6 heteroatoms. The molecule has 0 bridgehead atoms. The SMILES string of the molecule is Cc1ccc2nc(N3CCCC(C(=O)NCc4ccc(OCc5ccccc5)cc4)C3)sc2c1. The van der Waals surface area contributed by atoms with E-state index in [1.54, 1.807) is 11.3 Å². The number of fused-ring (bicyclic) bond motifs is 1. The number of carbonyl (C=O) groups is 1. The number of carbonyl (C=O) groups excluding carboxylic acids is 1. The lowest BCUT2D eigenvalue weighted by molar-refractivity contribution is -0.125. The lowest BCUT2D eigenvalue weighted by Gasteiger charge is -2.31. The topological polar surface area (TPSA) is 54.5 Å². The van der Waals surface area contributed by atoms with Crippen molar-refractivity contribution in [3.05, 3.63) is 89.5 Å². The molecule has 5 nitrogen and oxygen atoms in total. The highest BCUT2D eigenvalue weighted by atomic mass is 32.1. The molecule has 1 aliphatic rings. The Bertz CT molecular complexity index is 1250. The van der Waals surface area contributed by atoms with Gasteiger partial charge in [0.2, 0.25) is 5.91 Å². The van der Waals surface area contributed by atoms with E-state index < -0.39 is 0 Å². The lowest BCUT2D eigenvalue weighted by Crippen LogP contribution is -2.42. The first-order chi connectivity index (χ1) is 16.6. The normalized spacial score (nSPS) is 15.9. The summed E-state index contributed by atoms with van der Waals surface area (Å²) in [5.41, 5.74) is 4.48. The number of hydrogen-bond donors (Lipinski definition) is 1. The molecule has 1 unspecified atom stereocenters. The molecule has 1 aliphatic heterocycles. The van der Waals surface area contributed by atoms with Crippen molar-refractivity contribution in [3.8, 4) is 5.75 Å². The Morgan fingerprint density at radius 2 is 1.91 bits per heavy atom. The number of ether oxygens (including phenoxy) is 1. The molecule has 4 aromatic rings. The average molecular weight is 472 g/mol. The zero-order chi connectivity index (χ0) is 23.3. The Hall–Kier alpha value is -3.38. The van der Waals surface area contributed by atoms with Crippen molar-refractivity contribution in [2.45, 2.75) is 32.9 Å². The Morgan fingerprint density at radius 1 is 1.09 bits per heavy atom. The monoisotopic (exact) mass is 471 g/mol. The highest BCUT2D eigenvalue weighted by Crippen LogP contribution is 2.32. The molecular formula is C28H29N3O2S. The van der Waals surface area contributed by atoms with Gasteiger partial charge in [0, 0.05) is 19.6 Å². The second kappa shape index (κ2) is 10.3. The number of aryl methyl sites for hydroxylation is 1. The summed E-state index contributed by atoms with van der Waals surface area (Å²) in [7, 11) is 0. The van der Waals surface area contributed by atoms with Crippen molar-refractivity contribution in [1.29, 1.82) is 0 Å². The summed E-state index contributed by atoms with van der Waals surface area (Å²) in [4.78, 5) is 20.0. The van der Waals surface area contributed by atoms with E-state index in [4.69, 9.17) is 9.72 Å². The summed E-state index contributed by atoms with van der Waals surface area (Å²) >= 11 is 1.72. The van der Waals surface area contributed by atoms with Gasteiger partial charge in [0.05, 0.1) is 16.1 Å². The molecule has 3 aromatic carbocycles. The number of piperidine rings is 1. The molecule has 0 radical (unpaired) electrons. The number of aromatic nitrogens is 1. The average Bonchev–Trinajstić information content (AvgIpc) is 3.31. The van der Waals surface area contributed by atoms with Gasteiger partial charge in [0.25, 0.3) is 0 Å². The molecule has 1 saturated heterocycles. The molecule has 1 amide bonds. The number of nitrogens with one attached hydrogen (secondary N) is 1. The third kappa shape index (κ3) is 5.39. The van der Waals surface area contributed by atoms with Crippen molar-refractivity contribution in [3.63, 3.8) is 0 Å². The third-order valence-corrected chi connectivity index (χ3v) is 7.31. The standard InChI is InChI=1S/C28H29N3O2S/c1-20-9-14-25-26(16-20)34-28(30-25)31-15-5-8-23(18-31)27(32)29-17-21-10-12-24(13-11-21)33-19-22-6-3-2-4-7-22/h2-4,6-7,9-14,16,23H,5,8,15,17-19H2,1H3,(H,29,32). The molecule has 2 heterocycles. The summed E-state index contributed by atoms with van der Waals surface area (Å²) in [5, 5.41) is 4.15. The highest BCUT2D eigenvalue weighted by molar-refractivity contribution is 7.22. The van der Waals surface area contributed by atoms with Gasteiger partial charge in [-0.2, -0.15) is 0 Å². The molecule has 5 rings (SSSR count). The zero-order valence-electron chi connectivity index (χ0n) is 19.4. The van der Waals surface area contributed by atoms with Gasteiger partial charge >= 0.3 is 0 Å². The van der Waals surface area contributed by atoms with Crippen molar-refractivity contribution in [1.82, 2.24) is 10.3 Å². The molecule has 1 N–H and O–H groups in total. The number of anilines is 1. The number of benzene rings is 3. The third-order valence-electron chi connectivity index (χ3n) is 6.23. The summed E-state index contributed by atoms with van der Waals surface area (Å²) in [6, 6.07) is 24.4. The van der Waals surface area contributed by atoms with Crippen molar-refractivity contribution >= 4 is 32.6 Å². The van der Waals surface area contributed by atoms with Crippen LogP contribution in [0, 0.1) is 12.8 Å².